The lowest BCUT2D eigenvalue weighted by Crippen LogP contribution is -1.77. The summed E-state index contributed by atoms with van der Waals surface area (Å²) >= 11 is 2.89. The normalized spacial score (nSPS) is 10.7. The van der Waals surface area contributed by atoms with Gasteiger partial charge in [-0.3, -0.25) is 0 Å². The Hall–Kier alpha value is -0.380. The van der Waals surface area contributed by atoms with Crippen molar-refractivity contribution in [2.24, 2.45) is 0 Å². The van der Waals surface area contributed by atoms with Gasteiger partial charge in [0.25, 0.3) is 6.43 Å². The van der Waals surface area contributed by atoms with Gasteiger partial charge in [-0.1, -0.05) is 0 Å². The first-order valence-electron chi connectivity index (χ1n) is 2.23. The van der Waals surface area contributed by atoms with Crippen LogP contribution in [-0.4, -0.2) is 0 Å². The van der Waals surface area contributed by atoms with Crippen molar-refractivity contribution in [3.63, 3.8) is 0 Å². The van der Waals surface area contributed by atoms with Crippen molar-refractivity contribution < 1.29 is 13.2 Å². The van der Waals surface area contributed by atoms with Gasteiger partial charge in [0.05, 0.1) is 10.7 Å². The highest BCUT2D eigenvalue weighted by Crippen LogP contribution is 2.27. The minimum absolute atomic E-state index is 0.310. The van der Waals surface area contributed by atoms with Crippen LogP contribution in [0, 0.1) is 0 Å². The molecule has 0 aliphatic rings. The van der Waals surface area contributed by atoms with Crippen molar-refractivity contribution in [2.45, 2.75) is 6.43 Å². The molecule has 0 radical (unpaired) electrons. The molecule has 0 aliphatic carbocycles. The van der Waals surface area contributed by atoms with E-state index in [1.807, 2.05) is 0 Å². The number of alkyl halides is 2. The van der Waals surface area contributed by atoms with E-state index in [0.717, 1.165) is 0 Å². The third-order valence-corrected chi connectivity index (χ3v) is 1.50. The first kappa shape index (κ1) is 6.74. The molecule has 1 aromatic heterocycles. The second-order valence-corrected chi connectivity index (χ2v) is 2.29. The molecule has 0 aromatic carbocycles. The topological polar surface area (TPSA) is 13.1 Å². The molecule has 1 rings (SSSR count). The maximum atomic E-state index is 11.7. The number of hydrogen-bond acceptors (Lipinski definition) is 1. The van der Waals surface area contributed by atoms with Crippen LogP contribution in [0.5, 0.6) is 0 Å². The maximum Gasteiger partial charge on any atom is 0.296 e. The molecule has 0 atom stereocenters. The molecule has 50 valence electrons. The molecule has 0 fully saturated rings. The number of hydrogen-bond donors (Lipinski definition) is 0. The standard InChI is InChI=1S/C5H3BrF2O/c6-3-1-2-9-4(3)5(7)8/h1-2,5H. The lowest BCUT2D eigenvalue weighted by atomic mass is 10.5. The maximum absolute atomic E-state index is 11.7. The second kappa shape index (κ2) is 2.47. The summed E-state index contributed by atoms with van der Waals surface area (Å²) in [6.07, 6.45) is -1.32. The molecule has 0 spiro atoms. The van der Waals surface area contributed by atoms with Crippen molar-refractivity contribution in [2.75, 3.05) is 0 Å². The number of halogens is 3. The van der Waals surface area contributed by atoms with E-state index in [9.17, 15) is 8.78 Å². The van der Waals surface area contributed by atoms with E-state index in [4.69, 9.17) is 0 Å². The van der Waals surface area contributed by atoms with Gasteiger partial charge in [-0.2, -0.15) is 0 Å². The van der Waals surface area contributed by atoms with Gasteiger partial charge in [-0.15, -0.1) is 0 Å². The molecule has 1 heterocycles. The lowest BCUT2D eigenvalue weighted by molar-refractivity contribution is 0.121. The summed E-state index contributed by atoms with van der Waals surface area (Å²) in [5.41, 5.74) is 0. The van der Waals surface area contributed by atoms with Gasteiger partial charge < -0.3 is 4.42 Å². The van der Waals surface area contributed by atoms with E-state index in [1.165, 1.54) is 12.3 Å². The summed E-state index contributed by atoms with van der Waals surface area (Å²) in [5, 5.41) is 0. The summed E-state index contributed by atoms with van der Waals surface area (Å²) < 4.78 is 28.2. The molecule has 4 heteroatoms. The Labute approximate surface area is 58.8 Å². The predicted octanol–water partition coefficient (Wildman–Crippen LogP) is 2.98. The molecule has 0 saturated heterocycles. The zero-order valence-corrected chi connectivity index (χ0v) is 5.86. The van der Waals surface area contributed by atoms with Crippen LogP contribution in [0.1, 0.15) is 12.2 Å². The van der Waals surface area contributed by atoms with E-state index >= 15 is 0 Å². The smallest absolute Gasteiger partial charge is 0.296 e. The molecule has 1 aromatic rings. The molecule has 0 amide bonds. The van der Waals surface area contributed by atoms with Crippen molar-refractivity contribution in [3.05, 3.63) is 22.6 Å². The SMILES string of the molecule is FC(F)c1occc1Br. The molecule has 0 bridgehead atoms. The van der Waals surface area contributed by atoms with E-state index in [0.29, 0.717) is 4.47 Å². The monoisotopic (exact) mass is 196 g/mol. The molecular formula is C5H3BrF2O. The highest BCUT2D eigenvalue weighted by atomic mass is 79.9. The molecule has 0 unspecified atom stereocenters. The Bertz CT molecular complexity index is 197. The third kappa shape index (κ3) is 1.30. The minimum Gasteiger partial charge on any atom is -0.462 e. The van der Waals surface area contributed by atoms with Crippen LogP contribution in [0.3, 0.4) is 0 Å². The Morgan fingerprint density at radius 1 is 1.56 bits per heavy atom. The summed E-state index contributed by atoms with van der Waals surface area (Å²) in [7, 11) is 0. The summed E-state index contributed by atoms with van der Waals surface area (Å²) in [6.45, 7) is 0. The fourth-order valence-corrected chi connectivity index (χ4v) is 0.836. The van der Waals surface area contributed by atoms with Crippen LogP contribution in [0.15, 0.2) is 21.2 Å². The Balaban J connectivity index is 2.94. The fourth-order valence-electron chi connectivity index (χ4n) is 0.461. The third-order valence-electron chi connectivity index (χ3n) is 0.843. The zero-order chi connectivity index (χ0) is 6.85. The van der Waals surface area contributed by atoms with Gasteiger partial charge in [-0.25, -0.2) is 8.78 Å². The Morgan fingerprint density at radius 3 is 2.44 bits per heavy atom. The van der Waals surface area contributed by atoms with Crippen LogP contribution in [-0.2, 0) is 0 Å². The van der Waals surface area contributed by atoms with Gasteiger partial charge in [0.1, 0.15) is 0 Å². The first-order chi connectivity index (χ1) is 4.22. The molecule has 0 saturated carbocycles. The Morgan fingerprint density at radius 2 is 2.22 bits per heavy atom. The van der Waals surface area contributed by atoms with Gasteiger partial charge in [0.2, 0.25) is 0 Å². The van der Waals surface area contributed by atoms with Crippen LogP contribution in [0.4, 0.5) is 8.78 Å². The van der Waals surface area contributed by atoms with Gasteiger partial charge in [0, 0.05) is 0 Å². The van der Waals surface area contributed by atoms with Crippen LogP contribution < -0.4 is 0 Å². The van der Waals surface area contributed by atoms with Crippen molar-refractivity contribution >= 4 is 15.9 Å². The number of rotatable bonds is 1. The van der Waals surface area contributed by atoms with E-state index in [-0.39, 0.29) is 5.76 Å². The average Bonchev–Trinajstić information content (AvgIpc) is 2.13. The second-order valence-electron chi connectivity index (χ2n) is 1.43. The summed E-state index contributed by atoms with van der Waals surface area (Å²) in [6, 6.07) is 1.43. The molecule has 1 nitrogen and oxygen atoms in total. The van der Waals surface area contributed by atoms with Gasteiger partial charge >= 0.3 is 0 Å². The largest absolute Gasteiger partial charge is 0.462 e. The lowest BCUT2D eigenvalue weighted by Gasteiger charge is -1.90. The number of furan rings is 1. The van der Waals surface area contributed by atoms with E-state index in [1.54, 1.807) is 0 Å². The highest BCUT2D eigenvalue weighted by molar-refractivity contribution is 9.10. The van der Waals surface area contributed by atoms with Crippen LogP contribution in [0.2, 0.25) is 0 Å². The quantitative estimate of drug-likeness (QED) is 0.674. The molecule has 9 heavy (non-hydrogen) atoms. The molecule has 0 N–H and O–H groups in total. The van der Waals surface area contributed by atoms with Crippen molar-refractivity contribution in [1.29, 1.82) is 0 Å². The first-order valence-corrected chi connectivity index (χ1v) is 3.02. The van der Waals surface area contributed by atoms with E-state index < -0.39 is 6.43 Å². The zero-order valence-electron chi connectivity index (χ0n) is 4.27. The van der Waals surface area contributed by atoms with Crippen molar-refractivity contribution in [1.82, 2.24) is 0 Å². The average molecular weight is 197 g/mol. The minimum atomic E-state index is -2.53. The van der Waals surface area contributed by atoms with E-state index in [2.05, 4.69) is 20.3 Å². The predicted molar refractivity (Wildman–Crippen MR) is 31.4 cm³/mol. The fraction of sp³-hybridized carbons (Fsp3) is 0.200. The van der Waals surface area contributed by atoms with Gasteiger partial charge in [-0.05, 0) is 22.0 Å². The molecular weight excluding hydrogens is 194 g/mol. The summed E-state index contributed by atoms with van der Waals surface area (Å²) in [4.78, 5) is 0. The molecule has 0 aliphatic heterocycles. The van der Waals surface area contributed by atoms with Crippen molar-refractivity contribution in [3.8, 4) is 0 Å². The van der Waals surface area contributed by atoms with Crippen LogP contribution >= 0.6 is 15.9 Å². The summed E-state index contributed by atoms with van der Waals surface area (Å²) in [5.74, 6) is -0.310. The Kier molecular flexibility index (Phi) is 1.85. The highest BCUT2D eigenvalue weighted by Gasteiger charge is 2.13. The van der Waals surface area contributed by atoms with Crippen LogP contribution in [0.25, 0.3) is 0 Å². The van der Waals surface area contributed by atoms with Gasteiger partial charge in [0.15, 0.2) is 5.76 Å².